The van der Waals surface area contributed by atoms with Crippen LogP contribution in [-0.4, -0.2) is 16.7 Å². The van der Waals surface area contributed by atoms with Gasteiger partial charge >= 0.3 is 0 Å². The van der Waals surface area contributed by atoms with E-state index >= 15 is 0 Å². The van der Waals surface area contributed by atoms with Crippen LogP contribution in [0.3, 0.4) is 0 Å². The number of halogens is 2. The van der Waals surface area contributed by atoms with Crippen molar-refractivity contribution in [2.45, 2.75) is 0 Å². The molecule has 0 spiro atoms. The van der Waals surface area contributed by atoms with Crippen LogP contribution in [0.5, 0.6) is 0 Å². The first-order chi connectivity index (χ1) is 10.8. The van der Waals surface area contributed by atoms with Crippen LogP contribution in [0, 0.1) is 10.1 Å². The topological polar surface area (TPSA) is 115 Å². The van der Waals surface area contributed by atoms with Crippen LogP contribution in [0.15, 0.2) is 36.4 Å². The quantitative estimate of drug-likeness (QED) is 0.648. The van der Waals surface area contributed by atoms with Gasteiger partial charge in [0, 0.05) is 17.7 Å². The number of anilines is 1. The highest BCUT2D eigenvalue weighted by molar-refractivity contribution is 6.38. The lowest BCUT2D eigenvalue weighted by molar-refractivity contribution is -0.384. The summed E-state index contributed by atoms with van der Waals surface area (Å²) in [6, 6.07) is 7.55. The lowest BCUT2D eigenvalue weighted by Gasteiger charge is -2.10. The molecule has 0 fully saturated rings. The van der Waals surface area contributed by atoms with Crippen molar-refractivity contribution < 1.29 is 14.5 Å². The monoisotopic (exact) mass is 353 g/mol. The second-order valence-corrected chi connectivity index (χ2v) is 5.25. The summed E-state index contributed by atoms with van der Waals surface area (Å²) in [7, 11) is 0. The number of primary amides is 1. The molecule has 0 unspecified atom stereocenters. The molecule has 23 heavy (non-hydrogen) atoms. The fourth-order valence-corrected chi connectivity index (χ4v) is 2.29. The molecule has 0 saturated heterocycles. The molecule has 7 nitrogen and oxygen atoms in total. The van der Waals surface area contributed by atoms with Gasteiger partial charge in [-0.05, 0) is 24.3 Å². The first kappa shape index (κ1) is 16.7. The van der Waals surface area contributed by atoms with Gasteiger partial charge in [0.25, 0.3) is 11.6 Å². The normalized spacial score (nSPS) is 10.2. The molecule has 3 N–H and O–H groups in total. The van der Waals surface area contributed by atoms with Crippen LogP contribution in [0.25, 0.3) is 0 Å². The van der Waals surface area contributed by atoms with E-state index in [4.69, 9.17) is 28.9 Å². The number of amides is 2. The summed E-state index contributed by atoms with van der Waals surface area (Å²) >= 11 is 11.8. The van der Waals surface area contributed by atoms with E-state index in [2.05, 4.69) is 5.32 Å². The smallest absolute Gasteiger partial charge is 0.269 e. The van der Waals surface area contributed by atoms with Gasteiger partial charge in [-0.3, -0.25) is 19.7 Å². The van der Waals surface area contributed by atoms with Crippen LogP contribution in [0.1, 0.15) is 20.7 Å². The molecule has 0 aliphatic carbocycles. The molecule has 2 aromatic carbocycles. The Morgan fingerprint density at radius 3 is 2.22 bits per heavy atom. The zero-order chi connectivity index (χ0) is 17.1. The van der Waals surface area contributed by atoms with Crippen molar-refractivity contribution in [3.63, 3.8) is 0 Å². The van der Waals surface area contributed by atoms with Crippen LogP contribution in [0.4, 0.5) is 11.4 Å². The molecule has 0 aliphatic rings. The van der Waals surface area contributed by atoms with Crippen LogP contribution in [-0.2, 0) is 0 Å². The number of carbonyl (C=O) groups is 2. The van der Waals surface area contributed by atoms with Crippen LogP contribution >= 0.6 is 23.2 Å². The number of nitrogens with two attached hydrogens (primary N) is 1. The average Bonchev–Trinajstić information content (AvgIpc) is 2.49. The third-order valence-corrected chi connectivity index (χ3v) is 3.54. The molecular weight excluding hydrogens is 345 g/mol. The summed E-state index contributed by atoms with van der Waals surface area (Å²) in [5.41, 5.74) is 5.38. The Balaban J connectivity index is 2.28. The Morgan fingerprint density at radius 1 is 1.09 bits per heavy atom. The van der Waals surface area contributed by atoms with Gasteiger partial charge in [-0.2, -0.15) is 0 Å². The highest BCUT2D eigenvalue weighted by atomic mass is 35.5. The van der Waals surface area contributed by atoms with E-state index in [1.807, 2.05) is 0 Å². The first-order valence-electron chi connectivity index (χ1n) is 6.14. The molecule has 0 radical (unpaired) electrons. The van der Waals surface area contributed by atoms with Crippen LogP contribution in [0.2, 0.25) is 10.0 Å². The summed E-state index contributed by atoms with van der Waals surface area (Å²) in [5.74, 6) is -1.32. The van der Waals surface area contributed by atoms with E-state index in [1.165, 1.54) is 36.4 Å². The minimum Gasteiger partial charge on any atom is -0.366 e. The number of nitrogens with one attached hydrogen (secondary N) is 1. The summed E-state index contributed by atoms with van der Waals surface area (Å²) in [5, 5.41) is 13.3. The van der Waals surface area contributed by atoms with E-state index in [9.17, 15) is 19.7 Å². The summed E-state index contributed by atoms with van der Waals surface area (Å²) in [4.78, 5) is 33.4. The molecular formula is C14H9Cl2N3O4. The molecule has 0 bridgehead atoms. The number of benzene rings is 2. The van der Waals surface area contributed by atoms with Gasteiger partial charge < -0.3 is 11.1 Å². The van der Waals surface area contributed by atoms with Gasteiger partial charge in [-0.25, -0.2) is 0 Å². The Hall–Kier alpha value is -2.64. The average molecular weight is 354 g/mol. The number of nitro benzene ring substituents is 1. The van der Waals surface area contributed by atoms with Crippen molar-refractivity contribution in [2.24, 2.45) is 5.73 Å². The van der Waals surface area contributed by atoms with E-state index < -0.39 is 16.7 Å². The van der Waals surface area contributed by atoms with Crippen molar-refractivity contribution in [2.75, 3.05) is 5.32 Å². The third kappa shape index (κ3) is 3.77. The molecule has 0 atom stereocenters. The van der Waals surface area contributed by atoms with Crippen LogP contribution < -0.4 is 11.1 Å². The lowest BCUT2D eigenvalue weighted by atomic mass is 10.1. The van der Waals surface area contributed by atoms with Crippen molar-refractivity contribution in [3.05, 3.63) is 67.7 Å². The molecule has 2 aromatic rings. The van der Waals surface area contributed by atoms with Gasteiger partial charge in [0.05, 0.1) is 26.2 Å². The Kier molecular flexibility index (Phi) is 4.83. The number of hydrogen-bond donors (Lipinski definition) is 2. The minimum atomic E-state index is -0.766. The molecule has 2 amide bonds. The predicted octanol–water partition coefficient (Wildman–Crippen LogP) is 3.25. The van der Waals surface area contributed by atoms with E-state index in [0.29, 0.717) is 0 Å². The third-order valence-electron chi connectivity index (χ3n) is 2.91. The van der Waals surface area contributed by atoms with Crippen molar-refractivity contribution in [3.8, 4) is 0 Å². The lowest BCUT2D eigenvalue weighted by Crippen LogP contribution is -2.15. The van der Waals surface area contributed by atoms with E-state index in [0.717, 1.165) is 0 Å². The van der Waals surface area contributed by atoms with Crippen molar-refractivity contribution in [1.82, 2.24) is 0 Å². The summed E-state index contributed by atoms with van der Waals surface area (Å²) in [6.07, 6.45) is 0. The fraction of sp³-hybridized carbons (Fsp3) is 0. The zero-order valence-electron chi connectivity index (χ0n) is 11.4. The van der Waals surface area contributed by atoms with Crippen molar-refractivity contribution in [1.29, 1.82) is 0 Å². The Bertz CT molecular complexity index is 806. The Labute approximate surface area is 140 Å². The number of rotatable bonds is 4. The zero-order valence-corrected chi connectivity index (χ0v) is 12.9. The van der Waals surface area contributed by atoms with Gasteiger partial charge in [0.15, 0.2) is 0 Å². The number of nitro groups is 1. The molecule has 0 saturated carbocycles. The van der Waals surface area contributed by atoms with Crippen molar-refractivity contribution >= 4 is 46.4 Å². The molecule has 2 rings (SSSR count). The van der Waals surface area contributed by atoms with Gasteiger partial charge in [0.2, 0.25) is 5.91 Å². The summed E-state index contributed by atoms with van der Waals surface area (Å²) in [6.45, 7) is 0. The fourth-order valence-electron chi connectivity index (χ4n) is 1.76. The largest absolute Gasteiger partial charge is 0.366 e. The maximum absolute atomic E-state index is 12.1. The summed E-state index contributed by atoms with van der Waals surface area (Å²) < 4.78 is 0. The molecule has 0 aromatic heterocycles. The standard InChI is InChI=1S/C14H9Cl2N3O4/c15-10-6-11(16)12(5-9(10)13(17)20)18-14(21)7-1-3-8(4-2-7)19(22)23/h1-6H,(H2,17,20)(H,18,21). The number of nitrogens with zero attached hydrogens (tertiary/aromatic N) is 1. The van der Waals surface area contributed by atoms with Gasteiger partial charge in [-0.15, -0.1) is 0 Å². The van der Waals surface area contributed by atoms with Gasteiger partial charge in [-0.1, -0.05) is 23.2 Å². The second kappa shape index (κ2) is 6.64. The number of non-ortho nitro benzene ring substituents is 1. The molecule has 0 aliphatic heterocycles. The second-order valence-electron chi connectivity index (χ2n) is 4.43. The van der Waals surface area contributed by atoms with E-state index in [1.54, 1.807) is 0 Å². The maximum Gasteiger partial charge on any atom is 0.269 e. The molecule has 118 valence electrons. The van der Waals surface area contributed by atoms with Gasteiger partial charge in [0.1, 0.15) is 0 Å². The molecule has 0 heterocycles. The SMILES string of the molecule is NC(=O)c1cc(NC(=O)c2ccc([N+](=O)[O-])cc2)c(Cl)cc1Cl. The molecule has 9 heteroatoms. The van der Waals surface area contributed by atoms with E-state index in [-0.39, 0.29) is 32.5 Å². The number of hydrogen-bond acceptors (Lipinski definition) is 4. The first-order valence-corrected chi connectivity index (χ1v) is 6.90. The minimum absolute atomic E-state index is 0.00932. The predicted molar refractivity (Wildman–Crippen MR) is 86.0 cm³/mol. The highest BCUT2D eigenvalue weighted by Gasteiger charge is 2.15. The number of carbonyl (C=O) groups excluding carboxylic acids is 2. The highest BCUT2D eigenvalue weighted by Crippen LogP contribution is 2.29. The Morgan fingerprint density at radius 2 is 1.70 bits per heavy atom. The maximum atomic E-state index is 12.1.